The molecule has 0 atom stereocenters. The Kier molecular flexibility index (Phi) is 9.82. The number of rotatable bonds is 11. The standard InChI is InChI=1S/C33H36F4O2/c1-2-3-4-5-6-7-8-21-9-11-22(12-10-21)23-13-15-24(16-14-23)26-17-18-27(33(38)39)31(36)30(26)25-19-28(34)32(37)29(35)20-25/h13-22H,2-12H2,1H3,(H,38,39)/t21-,22-. The Morgan fingerprint density at radius 2 is 1.38 bits per heavy atom. The Morgan fingerprint density at radius 3 is 2.00 bits per heavy atom. The Hall–Kier alpha value is -3.15. The molecule has 39 heavy (non-hydrogen) atoms. The first-order valence-electron chi connectivity index (χ1n) is 14.1. The van der Waals surface area contributed by atoms with E-state index in [4.69, 9.17) is 0 Å². The molecule has 0 heterocycles. The molecule has 1 aliphatic rings. The second kappa shape index (κ2) is 13.3. The lowest BCUT2D eigenvalue weighted by Crippen LogP contribution is -2.13. The van der Waals surface area contributed by atoms with Crippen LogP contribution < -0.4 is 0 Å². The monoisotopic (exact) mass is 540 g/mol. The lowest BCUT2D eigenvalue weighted by atomic mass is 9.77. The van der Waals surface area contributed by atoms with Crippen molar-refractivity contribution < 1.29 is 27.5 Å². The summed E-state index contributed by atoms with van der Waals surface area (Å²) in [6.45, 7) is 2.24. The summed E-state index contributed by atoms with van der Waals surface area (Å²) in [7, 11) is 0. The van der Waals surface area contributed by atoms with Gasteiger partial charge in [-0.3, -0.25) is 0 Å². The van der Waals surface area contributed by atoms with E-state index in [0.717, 1.165) is 24.8 Å². The van der Waals surface area contributed by atoms with E-state index in [2.05, 4.69) is 6.92 Å². The van der Waals surface area contributed by atoms with Gasteiger partial charge in [-0.1, -0.05) is 82.2 Å². The Labute approximate surface area is 228 Å². The highest BCUT2D eigenvalue weighted by molar-refractivity contribution is 5.94. The molecule has 0 amide bonds. The van der Waals surface area contributed by atoms with Gasteiger partial charge in [0.2, 0.25) is 0 Å². The van der Waals surface area contributed by atoms with Crippen molar-refractivity contribution in [3.63, 3.8) is 0 Å². The molecule has 2 nitrogen and oxygen atoms in total. The van der Waals surface area contributed by atoms with Gasteiger partial charge in [0.25, 0.3) is 0 Å². The molecule has 0 aromatic heterocycles. The number of benzene rings is 3. The molecule has 0 aliphatic heterocycles. The van der Waals surface area contributed by atoms with Gasteiger partial charge in [0, 0.05) is 5.56 Å². The minimum absolute atomic E-state index is 0.269. The first-order chi connectivity index (χ1) is 18.8. The quantitative estimate of drug-likeness (QED) is 0.149. The highest BCUT2D eigenvalue weighted by Crippen LogP contribution is 2.40. The van der Waals surface area contributed by atoms with Crippen LogP contribution in [0, 0.1) is 29.2 Å². The van der Waals surface area contributed by atoms with E-state index in [9.17, 15) is 23.1 Å². The van der Waals surface area contributed by atoms with Crippen LogP contribution >= 0.6 is 0 Å². The third-order valence-corrected chi connectivity index (χ3v) is 8.15. The molecule has 1 saturated carbocycles. The van der Waals surface area contributed by atoms with Gasteiger partial charge in [-0.25, -0.2) is 22.4 Å². The number of carboxylic acids is 1. The van der Waals surface area contributed by atoms with Gasteiger partial charge in [0.15, 0.2) is 17.5 Å². The SMILES string of the molecule is CCCCCCCC[C@H]1CC[C@H](c2ccc(-c3ccc(C(=O)O)c(F)c3-c3cc(F)c(F)c(F)c3)cc2)CC1. The van der Waals surface area contributed by atoms with Crippen LogP contribution in [0.15, 0.2) is 48.5 Å². The van der Waals surface area contributed by atoms with Crippen LogP contribution in [0.25, 0.3) is 22.3 Å². The van der Waals surface area contributed by atoms with Crippen molar-refractivity contribution in [2.75, 3.05) is 0 Å². The third-order valence-electron chi connectivity index (χ3n) is 8.15. The van der Waals surface area contributed by atoms with Crippen molar-refractivity contribution in [2.45, 2.75) is 83.5 Å². The molecule has 0 spiro atoms. The number of hydrogen-bond donors (Lipinski definition) is 1. The fourth-order valence-electron chi connectivity index (χ4n) is 5.90. The second-order valence-electron chi connectivity index (χ2n) is 10.8. The van der Waals surface area contributed by atoms with E-state index in [1.807, 2.05) is 24.3 Å². The summed E-state index contributed by atoms with van der Waals surface area (Å²) in [4.78, 5) is 11.5. The topological polar surface area (TPSA) is 37.3 Å². The van der Waals surface area contributed by atoms with Gasteiger partial charge in [-0.05, 0) is 78.0 Å². The largest absolute Gasteiger partial charge is 0.478 e. The summed E-state index contributed by atoms with van der Waals surface area (Å²) in [5.74, 6) is -6.01. The average molecular weight is 541 g/mol. The van der Waals surface area contributed by atoms with Crippen molar-refractivity contribution in [3.05, 3.63) is 82.9 Å². The van der Waals surface area contributed by atoms with Crippen LogP contribution in [0.4, 0.5) is 17.6 Å². The first kappa shape index (κ1) is 28.8. The van der Waals surface area contributed by atoms with Gasteiger partial charge >= 0.3 is 5.97 Å². The predicted octanol–water partition coefficient (Wildman–Crippen LogP) is 10.3. The maximum Gasteiger partial charge on any atom is 0.338 e. The summed E-state index contributed by atoms with van der Waals surface area (Å²) in [5.41, 5.74) is 0.863. The van der Waals surface area contributed by atoms with Gasteiger partial charge in [-0.15, -0.1) is 0 Å². The number of halogens is 4. The molecule has 6 heteroatoms. The Balaban J connectivity index is 1.50. The molecule has 0 bridgehead atoms. The van der Waals surface area contributed by atoms with Crippen LogP contribution in [0.5, 0.6) is 0 Å². The lowest BCUT2D eigenvalue weighted by Gasteiger charge is -2.29. The zero-order valence-corrected chi connectivity index (χ0v) is 22.4. The number of aromatic carboxylic acids is 1. The molecule has 208 valence electrons. The van der Waals surface area contributed by atoms with E-state index in [0.29, 0.717) is 23.6 Å². The number of carboxylic acid groups (broad SMARTS) is 1. The van der Waals surface area contributed by atoms with Gasteiger partial charge < -0.3 is 5.11 Å². The van der Waals surface area contributed by atoms with E-state index in [-0.39, 0.29) is 16.7 Å². The van der Waals surface area contributed by atoms with Crippen molar-refractivity contribution >= 4 is 5.97 Å². The lowest BCUT2D eigenvalue weighted by molar-refractivity contribution is 0.0692. The smallest absolute Gasteiger partial charge is 0.338 e. The second-order valence-corrected chi connectivity index (χ2v) is 10.8. The fraction of sp³-hybridized carbons (Fsp3) is 0.424. The highest BCUT2D eigenvalue weighted by atomic mass is 19.2. The molecule has 0 saturated heterocycles. The molecule has 1 fully saturated rings. The van der Waals surface area contributed by atoms with Crippen molar-refractivity contribution in [1.29, 1.82) is 0 Å². The zero-order chi connectivity index (χ0) is 27.9. The summed E-state index contributed by atoms with van der Waals surface area (Å²) in [5, 5.41) is 9.39. The Morgan fingerprint density at radius 1 is 0.769 bits per heavy atom. The summed E-state index contributed by atoms with van der Waals surface area (Å²) < 4.78 is 57.0. The highest BCUT2D eigenvalue weighted by Gasteiger charge is 2.24. The van der Waals surface area contributed by atoms with E-state index in [1.54, 1.807) is 0 Å². The van der Waals surface area contributed by atoms with Crippen LogP contribution in [-0.2, 0) is 0 Å². The summed E-state index contributed by atoms with van der Waals surface area (Å²) in [6.07, 6.45) is 13.9. The van der Waals surface area contributed by atoms with E-state index in [1.165, 1.54) is 69.4 Å². The molecular formula is C33H36F4O2. The maximum atomic E-state index is 15.4. The minimum Gasteiger partial charge on any atom is -0.478 e. The van der Waals surface area contributed by atoms with Crippen LogP contribution in [0.2, 0.25) is 0 Å². The Bertz CT molecular complexity index is 1250. The van der Waals surface area contributed by atoms with E-state index >= 15 is 4.39 Å². The predicted molar refractivity (Wildman–Crippen MR) is 147 cm³/mol. The molecule has 0 radical (unpaired) electrons. The van der Waals surface area contributed by atoms with Gasteiger partial charge in [-0.2, -0.15) is 0 Å². The molecule has 4 rings (SSSR count). The minimum atomic E-state index is -1.67. The van der Waals surface area contributed by atoms with Crippen LogP contribution in [-0.4, -0.2) is 11.1 Å². The maximum absolute atomic E-state index is 15.4. The van der Waals surface area contributed by atoms with Crippen LogP contribution in [0.1, 0.15) is 99.4 Å². The summed E-state index contributed by atoms with van der Waals surface area (Å²) >= 11 is 0. The molecule has 3 aromatic rings. The number of unbranched alkanes of at least 4 members (excludes halogenated alkanes) is 5. The fourth-order valence-corrected chi connectivity index (χ4v) is 5.90. The van der Waals surface area contributed by atoms with Crippen molar-refractivity contribution in [1.82, 2.24) is 0 Å². The van der Waals surface area contributed by atoms with Gasteiger partial charge in [0.1, 0.15) is 5.82 Å². The number of carbonyl (C=O) groups is 1. The molecule has 1 N–H and O–H groups in total. The van der Waals surface area contributed by atoms with Gasteiger partial charge in [0.05, 0.1) is 5.56 Å². The van der Waals surface area contributed by atoms with Crippen molar-refractivity contribution in [3.8, 4) is 22.3 Å². The average Bonchev–Trinajstić information content (AvgIpc) is 2.93. The van der Waals surface area contributed by atoms with E-state index < -0.39 is 34.8 Å². The summed E-state index contributed by atoms with van der Waals surface area (Å²) in [6, 6.07) is 11.6. The number of hydrogen-bond acceptors (Lipinski definition) is 1. The molecule has 0 unspecified atom stereocenters. The first-order valence-corrected chi connectivity index (χ1v) is 14.1. The van der Waals surface area contributed by atoms with Crippen LogP contribution in [0.3, 0.4) is 0 Å². The molecular weight excluding hydrogens is 504 g/mol. The molecule has 1 aliphatic carbocycles. The normalized spacial score (nSPS) is 17.4. The molecule has 3 aromatic carbocycles. The zero-order valence-electron chi connectivity index (χ0n) is 22.4. The van der Waals surface area contributed by atoms with Crippen molar-refractivity contribution in [2.24, 2.45) is 5.92 Å². The third kappa shape index (κ3) is 6.90.